The summed E-state index contributed by atoms with van der Waals surface area (Å²) in [5.74, 6) is 0.317. The van der Waals surface area contributed by atoms with Crippen LogP contribution in [0.1, 0.15) is 19.5 Å². The molecule has 1 aliphatic heterocycles. The van der Waals surface area contributed by atoms with Crippen molar-refractivity contribution in [2.75, 3.05) is 31.6 Å². The quantitative estimate of drug-likeness (QED) is 0.680. The fourth-order valence-corrected chi connectivity index (χ4v) is 3.37. The number of nitrogens with zero attached hydrogens (tertiary/aromatic N) is 2. The average Bonchev–Trinajstić information content (AvgIpc) is 2.77. The van der Waals surface area contributed by atoms with Crippen LogP contribution in [0.5, 0.6) is 5.75 Å². The van der Waals surface area contributed by atoms with Gasteiger partial charge in [-0.2, -0.15) is 0 Å². The van der Waals surface area contributed by atoms with Crippen molar-refractivity contribution >= 4 is 29.2 Å². The molecule has 0 unspecified atom stereocenters. The lowest BCUT2D eigenvalue weighted by molar-refractivity contribution is -0.138. The van der Waals surface area contributed by atoms with Crippen LogP contribution in [0.25, 0.3) is 0 Å². The third-order valence-corrected chi connectivity index (χ3v) is 5.13. The van der Waals surface area contributed by atoms with Crippen LogP contribution in [-0.2, 0) is 16.1 Å². The maximum atomic E-state index is 12.8. The summed E-state index contributed by atoms with van der Waals surface area (Å²) in [6.45, 7) is 6.16. The molecular weight excluding hydrogens is 420 g/mol. The van der Waals surface area contributed by atoms with Crippen molar-refractivity contribution < 1.29 is 19.1 Å². The predicted molar refractivity (Wildman–Crippen MR) is 118 cm³/mol. The third kappa shape index (κ3) is 6.57. The molecule has 0 spiro atoms. The van der Waals surface area contributed by atoms with E-state index >= 15 is 0 Å². The maximum absolute atomic E-state index is 12.8. The minimum absolute atomic E-state index is 0.0629. The fourth-order valence-electron chi connectivity index (χ4n) is 3.13. The molecule has 2 N–H and O–H groups in total. The number of halogens is 1. The number of urea groups is 1. The molecule has 0 saturated carbocycles. The predicted octanol–water partition coefficient (Wildman–Crippen LogP) is 3.32. The van der Waals surface area contributed by atoms with Crippen LogP contribution < -0.4 is 15.4 Å². The number of aromatic nitrogens is 1. The molecule has 166 valence electrons. The Morgan fingerprint density at radius 3 is 2.65 bits per heavy atom. The lowest BCUT2D eigenvalue weighted by Gasteiger charge is -2.32. The zero-order valence-corrected chi connectivity index (χ0v) is 18.4. The lowest BCUT2D eigenvalue weighted by atomic mass is 10.0. The molecule has 0 bridgehead atoms. The molecule has 1 atom stereocenters. The summed E-state index contributed by atoms with van der Waals surface area (Å²) >= 11 is 6.30. The van der Waals surface area contributed by atoms with Gasteiger partial charge < -0.3 is 25.0 Å². The van der Waals surface area contributed by atoms with Crippen molar-refractivity contribution in [1.82, 2.24) is 15.2 Å². The van der Waals surface area contributed by atoms with Crippen molar-refractivity contribution in [1.29, 1.82) is 0 Å². The van der Waals surface area contributed by atoms with E-state index in [-0.39, 0.29) is 18.4 Å². The molecule has 8 nitrogen and oxygen atoms in total. The topological polar surface area (TPSA) is 92.8 Å². The highest BCUT2D eigenvalue weighted by atomic mass is 35.5. The van der Waals surface area contributed by atoms with E-state index in [2.05, 4.69) is 15.6 Å². The van der Waals surface area contributed by atoms with Gasteiger partial charge in [0, 0.05) is 25.0 Å². The van der Waals surface area contributed by atoms with Crippen LogP contribution in [0.3, 0.4) is 0 Å². The van der Waals surface area contributed by atoms with Gasteiger partial charge in [-0.1, -0.05) is 31.5 Å². The Labute approximate surface area is 186 Å². The monoisotopic (exact) mass is 446 g/mol. The molecule has 3 rings (SSSR count). The van der Waals surface area contributed by atoms with Crippen molar-refractivity contribution in [3.05, 3.63) is 53.3 Å². The number of carbonyl (C=O) groups is 2. The van der Waals surface area contributed by atoms with E-state index < -0.39 is 12.1 Å². The van der Waals surface area contributed by atoms with Gasteiger partial charge in [-0.25, -0.2) is 4.79 Å². The van der Waals surface area contributed by atoms with E-state index in [0.29, 0.717) is 42.8 Å². The average molecular weight is 447 g/mol. The smallest absolute Gasteiger partial charge is 0.319 e. The number of nitrogens with one attached hydrogen (secondary N) is 2. The van der Waals surface area contributed by atoms with E-state index in [0.717, 1.165) is 5.69 Å². The maximum Gasteiger partial charge on any atom is 0.319 e. The normalized spacial score (nSPS) is 14.8. The molecule has 0 aliphatic carbocycles. The number of pyridine rings is 1. The van der Waals surface area contributed by atoms with Gasteiger partial charge >= 0.3 is 6.03 Å². The molecule has 1 aromatic carbocycles. The van der Waals surface area contributed by atoms with Crippen molar-refractivity contribution in [3.63, 3.8) is 0 Å². The van der Waals surface area contributed by atoms with Crippen molar-refractivity contribution in [2.24, 2.45) is 5.92 Å². The molecule has 9 heteroatoms. The zero-order chi connectivity index (χ0) is 22.2. The summed E-state index contributed by atoms with van der Waals surface area (Å²) < 4.78 is 11.0. The van der Waals surface area contributed by atoms with Crippen LogP contribution in [0, 0.1) is 5.92 Å². The summed E-state index contributed by atoms with van der Waals surface area (Å²) in [4.78, 5) is 31.2. The largest absolute Gasteiger partial charge is 0.486 e. The first-order valence-corrected chi connectivity index (χ1v) is 10.6. The van der Waals surface area contributed by atoms with Crippen LogP contribution in [0.15, 0.2) is 42.6 Å². The van der Waals surface area contributed by atoms with Gasteiger partial charge in [0.1, 0.15) is 18.4 Å². The molecule has 2 aromatic rings. The first-order valence-electron chi connectivity index (χ1n) is 10.2. The first kappa shape index (κ1) is 22.8. The number of amides is 3. The number of benzene rings is 1. The van der Waals surface area contributed by atoms with E-state index in [1.165, 1.54) is 0 Å². The number of morpholine rings is 1. The SMILES string of the molecule is CC(C)[C@@H](NC(=O)Nc1ccc(OCc2ccccn2)c(Cl)c1)C(=O)N1CCOCC1. The summed E-state index contributed by atoms with van der Waals surface area (Å²) in [6, 6.07) is 9.44. The number of ether oxygens (including phenoxy) is 2. The number of hydrogen-bond acceptors (Lipinski definition) is 5. The summed E-state index contributed by atoms with van der Waals surface area (Å²) in [5, 5.41) is 5.87. The minimum atomic E-state index is -0.630. The van der Waals surface area contributed by atoms with Crippen LogP contribution >= 0.6 is 11.6 Å². The fraction of sp³-hybridized carbons (Fsp3) is 0.409. The third-order valence-electron chi connectivity index (χ3n) is 4.83. The Morgan fingerprint density at radius 1 is 1.23 bits per heavy atom. The highest BCUT2D eigenvalue weighted by Crippen LogP contribution is 2.28. The molecule has 0 radical (unpaired) electrons. The second-order valence-electron chi connectivity index (χ2n) is 7.51. The van der Waals surface area contributed by atoms with Crippen LogP contribution in [0.4, 0.5) is 10.5 Å². The molecule has 1 fully saturated rings. The Bertz CT molecular complexity index is 888. The Morgan fingerprint density at radius 2 is 2.00 bits per heavy atom. The van der Waals surface area contributed by atoms with E-state index in [9.17, 15) is 9.59 Å². The van der Waals surface area contributed by atoms with Gasteiger partial charge in [0.2, 0.25) is 5.91 Å². The Kier molecular flexibility index (Phi) is 8.08. The minimum Gasteiger partial charge on any atom is -0.486 e. The van der Waals surface area contributed by atoms with Gasteiger partial charge in [0.15, 0.2) is 0 Å². The Balaban J connectivity index is 1.57. The van der Waals surface area contributed by atoms with Gasteiger partial charge in [-0.3, -0.25) is 9.78 Å². The molecule has 2 heterocycles. The van der Waals surface area contributed by atoms with Gasteiger partial charge in [0.25, 0.3) is 0 Å². The Hall–Kier alpha value is -2.84. The molecule has 1 aromatic heterocycles. The molecule has 3 amide bonds. The molecule has 1 saturated heterocycles. The van der Waals surface area contributed by atoms with Crippen molar-refractivity contribution in [3.8, 4) is 5.75 Å². The van der Waals surface area contributed by atoms with Gasteiger partial charge in [0.05, 0.1) is 23.9 Å². The number of carbonyl (C=O) groups excluding carboxylic acids is 2. The molecule has 1 aliphatic rings. The second kappa shape index (κ2) is 11.0. The first-order chi connectivity index (χ1) is 14.9. The molecular formula is C22H27ClN4O4. The summed E-state index contributed by atoms with van der Waals surface area (Å²) in [7, 11) is 0. The van der Waals surface area contributed by atoms with Crippen molar-refractivity contribution in [2.45, 2.75) is 26.5 Å². The number of hydrogen-bond donors (Lipinski definition) is 2. The van der Waals surface area contributed by atoms with Gasteiger partial charge in [-0.05, 0) is 36.2 Å². The summed E-state index contributed by atoms with van der Waals surface area (Å²) in [6.07, 6.45) is 1.69. The highest BCUT2D eigenvalue weighted by molar-refractivity contribution is 6.32. The van der Waals surface area contributed by atoms with Crippen LogP contribution in [-0.4, -0.2) is 54.2 Å². The summed E-state index contributed by atoms with van der Waals surface area (Å²) in [5.41, 5.74) is 1.28. The van der Waals surface area contributed by atoms with E-state index in [1.54, 1.807) is 29.3 Å². The van der Waals surface area contributed by atoms with E-state index in [4.69, 9.17) is 21.1 Å². The number of rotatable bonds is 7. The van der Waals surface area contributed by atoms with Crippen LogP contribution in [0.2, 0.25) is 5.02 Å². The number of anilines is 1. The lowest BCUT2D eigenvalue weighted by Crippen LogP contribution is -2.54. The standard InChI is InChI=1S/C22H27ClN4O4/c1-15(2)20(21(28)27-9-11-30-12-10-27)26-22(29)25-16-6-7-19(18(23)13-16)31-14-17-5-3-4-8-24-17/h3-8,13,15,20H,9-12,14H2,1-2H3,(H2,25,26,29)/t20-/m1/s1. The zero-order valence-electron chi connectivity index (χ0n) is 17.6. The highest BCUT2D eigenvalue weighted by Gasteiger charge is 2.29. The second-order valence-corrected chi connectivity index (χ2v) is 7.92. The van der Waals surface area contributed by atoms with E-state index in [1.807, 2.05) is 32.0 Å². The molecule has 31 heavy (non-hydrogen) atoms. The van der Waals surface area contributed by atoms with Gasteiger partial charge in [-0.15, -0.1) is 0 Å².